The number of benzene rings is 2. The van der Waals surface area contributed by atoms with Crippen LogP contribution in [0.3, 0.4) is 0 Å². The summed E-state index contributed by atoms with van der Waals surface area (Å²) in [4.78, 5) is 12.3. The molecule has 0 saturated carbocycles. The van der Waals surface area contributed by atoms with Gasteiger partial charge in [-0.2, -0.15) is 0 Å². The molecule has 1 unspecified atom stereocenters. The highest BCUT2D eigenvalue weighted by Crippen LogP contribution is 2.20. The first kappa shape index (κ1) is 20.0. The number of alkyl carbamates (subject to hydrolysis) is 1. The van der Waals surface area contributed by atoms with E-state index in [1.807, 2.05) is 51.1 Å². The molecule has 0 heterocycles. The quantitative estimate of drug-likeness (QED) is 0.792. The Kier molecular flexibility index (Phi) is 6.80. The standard InChI is InChI=1S/C20H25NO4S/c1-15(2)13-19(26(23,24)18-11-9-16(3)10-12-18)21-20(22)25-14-17-7-5-4-6-8-17/h4-12,15,19H,13-14H2,1-3H3,(H,21,22). The molecule has 26 heavy (non-hydrogen) atoms. The zero-order valence-electron chi connectivity index (χ0n) is 15.3. The van der Waals surface area contributed by atoms with Gasteiger partial charge in [-0.3, -0.25) is 0 Å². The molecular weight excluding hydrogens is 350 g/mol. The van der Waals surface area contributed by atoms with Crippen molar-refractivity contribution in [2.45, 2.75) is 44.1 Å². The number of ether oxygens (including phenoxy) is 1. The van der Waals surface area contributed by atoms with Gasteiger partial charge in [0.1, 0.15) is 12.0 Å². The summed E-state index contributed by atoms with van der Waals surface area (Å²) in [5.41, 5.74) is 1.81. The molecule has 5 nitrogen and oxygen atoms in total. The molecule has 0 bridgehead atoms. The van der Waals surface area contributed by atoms with Crippen molar-refractivity contribution < 1.29 is 17.9 Å². The zero-order valence-corrected chi connectivity index (χ0v) is 16.1. The Balaban J connectivity index is 2.10. The maximum atomic E-state index is 12.9. The average Bonchev–Trinajstić information content (AvgIpc) is 2.60. The van der Waals surface area contributed by atoms with Gasteiger partial charge in [-0.05, 0) is 37.0 Å². The molecule has 0 aromatic heterocycles. The Hall–Kier alpha value is -2.34. The van der Waals surface area contributed by atoms with Crippen molar-refractivity contribution in [2.24, 2.45) is 5.92 Å². The van der Waals surface area contributed by atoms with Gasteiger partial charge in [0.15, 0.2) is 9.84 Å². The Morgan fingerprint density at radius 1 is 1.04 bits per heavy atom. The highest BCUT2D eigenvalue weighted by atomic mass is 32.2. The molecule has 0 fully saturated rings. The van der Waals surface area contributed by atoms with Crippen LogP contribution in [0, 0.1) is 12.8 Å². The first-order valence-corrected chi connectivity index (χ1v) is 10.1. The van der Waals surface area contributed by atoms with E-state index < -0.39 is 21.3 Å². The molecule has 2 aromatic rings. The number of carbonyl (C=O) groups is 1. The molecule has 0 saturated heterocycles. The third kappa shape index (κ3) is 5.59. The third-order valence-electron chi connectivity index (χ3n) is 3.90. The van der Waals surface area contributed by atoms with Crippen molar-refractivity contribution in [3.05, 3.63) is 65.7 Å². The fourth-order valence-electron chi connectivity index (χ4n) is 2.48. The number of rotatable bonds is 7. The number of hydrogen-bond donors (Lipinski definition) is 1. The van der Waals surface area contributed by atoms with E-state index in [2.05, 4.69) is 5.32 Å². The minimum Gasteiger partial charge on any atom is -0.445 e. The predicted molar refractivity (Wildman–Crippen MR) is 101 cm³/mol. The van der Waals surface area contributed by atoms with E-state index in [-0.39, 0.29) is 17.4 Å². The molecule has 6 heteroatoms. The largest absolute Gasteiger partial charge is 0.445 e. The molecule has 0 aliphatic carbocycles. The summed E-state index contributed by atoms with van der Waals surface area (Å²) in [5.74, 6) is 0.0923. The van der Waals surface area contributed by atoms with E-state index in [9.17, 15) is 13.2 Å². The maximum Gasteiger partial charge on any atom is 0.408 e. The van der Waals surface area contributed by atoms with E-state index in [0.717, 1.165) is 11.1 Å². The highest BCUT2D eigenvalue weighted by Gasteiger charge is 2.30. The van der Waals surface area contributed by atoms with Crippen LogP contribution in [0.1, 0.15) is 31.4 Å². The maximum absolute atomic E-state index is 12.9. The van der Waals surface area contributed by atoms with Crippen LogP contribution in [0.25, 0.3) is 0 Å². The van der Waals surface area contributed by atoms with Crippen molar-refractivity contribution in [2.75, 3.05) is 0 Å². The molecule has 0 aliphatic rings. The lowest BCUT2D eigenvalue weighted by molar-refractivity contribution is 0.137. The van der Waals surface area contributed by atoms with Crippen LogP contribution in [0.2, 0.25) is 0 Å². The molecule has 0 radical (unpaired) electrons. The van der Waals surface area contributed by atoms with Crippen LogP contribution in [-0.2, 0) is 21.2 Å². The lowest BCUT2D eigenvalue weighted by Crippen LogP contribution is -2.41. The van der Waals surface area contributed by atoms with Gasteiger partial charge in [0, 0.05) is 0 Å². The molecule has 2 rings (SSSR count). The minimum absolute atomic E-state index is 0.0889. The molecule has 0 aliphatic heterocycles. The Morgan fingerprint density at radius 2 is 1.65 bits per heavy atom. The van der Waals surface area contributed by atoms with Gasteiger partial charge in [0.2, 0.25) is 0 Å². The molecule has 0 spiro atoms. The van der Waals surface area contributed by atoms with E-state index in [0.29, 0.717) is 6.42 Å². The topological polar surface area (TPSA) is 72.5 Å². The smallest absolute Gasteiger partial charge is 0.408 e. The highest BCUT2D eigenvalue weighted by molar-refractivity contribution is 7.92. The van der Waals surface area contributed by atoms with Crippen molar-refractivity contribution in [3.8, 4) is 0 Å². The number of amides is 1. The molecule has 1 atom stereocenters. The molecule has 140 valence electrons. The first-order chi connectivity index (χ1) is 12.3. The Bertz CT molecular complexity index is 815. The van der Waals surface area contributed by atoms with Crippen LogP contribution in [0.4, 0.5) is 4.79 Å². The van der Waals surface area contributed by atoms with Crippen molar-refractivity contribution in [1.29, 1.82) is 0 Å². The summed E-state index contributed by atoms with van der Waals surface area (Å²) in [6, 6.07) is 15.9. The third-order valence-corrected chi connectivity index (χ3v) is 5.89. The number of carbonyl (C=O) groups excluding carboxylic acids is 1. The summed E-state index contributed by atoms with van der Waals surface area (Å²) < 4.78 is 31.0. The number of nitrogens with one attached hydrogen (secondary N) is 1. The second kappa shape index (κ2) is 8.85. The van der Waals surface area contributed by atoms with Gasteiger partial charge in [-0.1, -0.05) is 61.9 Å². The minimum atomic E-state index is -3.70. The first-order valence-electron chi connectivity index (χ1n) is 8.57. The zero-order chi connectivity index (χ0) is 19.2. The van der Waals surface area contributed by atoms with E-state index in [4.69, 9.17) is 4.74 Å². The lowest BCUT2D eigenvalue weighted by Gasteiger charge is -2.21. The van der Waals surface area contributed by atoms with Gasteiger partial charge in [-0.25, -0.2) is 13.2 Å². The second-order valence-electron chi connectivity index (χ2n) is 6.68. The molecule has 1 amide bonds. The fourth-order valence-corrected chi connectivity index (χ4v) is 4.21. The molecule has 1 N–H and O–H groups in total. The Labute approximate surface area is 155 Å². The summed E-state index contributed by atoms with van der Waals surface area (Å²) in [7, 11) is -3.70. The molecule has 2 aromatic carbocycles. The van der Waals surface area contributed by atoms with Gasteiger partial charge in [-0.15, -0.1) is 0 Å². The summed E-state index contributed by atoms with van der Waals surface area (Å²) in [6.07, 6.45) is -0.438. The average molecular weight is 375 g/mol. The van der Waals surface area contributed by atoms with Crippen LogP contribution in [0.5, 0.6) is 0 Å². The fraction of sp³-hybridized carbons (Fsp3) is 0.350. The van der Waals surface area contributed by atoms with Crippen LogP contribution in [-0.4, -0.2) is 19.9 Å². The van der Waals surface area contributed by atoms with Gasteiger partial charge >= 0.3 is 6.09 Å². The Morgan fingerprint density at radius 3 is 2.23 bits per heavy atom. The van der Waals surface area contributed by atoms with Gasteiger partial charge in [0.05, 0.1) is 4.90 Å². The van der Waals surface area contributed by atoms with E-state index in [1.165, 1.54) is 0 Å². The van der Waals surface area contributed by atoms with Crippen molar-refractivity contribution in [3.63, 3.8) is 0 Å². The van der Waals surface area contributed by atoms with Crippen molar-refractivity contribution >= 4 is 15.9 Å². The predicted octanol–water partition coefficient (Wildman–Crippen LogP) is 4.07. The number of aryl methyl sites for hydroxylation is 1. The summed E-state index contributed by atoms with van der Waals surface area (Å²) >= 11 is 0. The summed E-state index contributed by atoms with van der Waals surface area (Å²) in [6.45, 7) is 5.80. The number of hydrogen-bond acceptors (Lipinski definition) is 4. The number of sulfone groups is 1. The van der Waals surface area contributed by atoms with Gasteiger partial charge in [0.25, 0.3) is 0 Å². The normalized spacial score (nSPS) is 12.6. The summed E-state index contributed by atoms with van der Waals surface area (Å²) in [5, 5.41) is 1.49. The van der Waals surface area contributed by atoms with E-state index >= 15 is 0 Å². The molecular formula is C20H25NO4S. The SMILES string of the molecule is Cc1ccc(S(=O)(=O)C(CC(C)C)NC(=O)OCc2ccccc2)cc1. The van der Waals surface area contributed by atoms with Crippen LogP contribution < -0.4 is 5.32 Å². The van der Waals surface area contributed by atoms with Gasteiger partial charge < -0.3 is 10.1 Å². The van der Waals surface area contributed by atoms with E-state index in [1.54, 1.807) is 24.3 Å². The van der Waals surface area contributed by atoms with Crippen molar-refractivity contribution in [1.82, 2.24) is 5.32 Å². The monoisotopic (exact) mass is 375 g/mol. The lowest BCUT2D eigenvalue weighted by atomic mass is 10.1. The second-order valence-corrected chi connectivity index (χ2v) is 8.81. The van der Waals surface area contributed by atoms with Crippen LogP contribution >= 0.6 is 0 Å². The van der Waals surface area contributed by atoms with Crippen LogP contribution in [0.15, 0.2) is 59.5 Å².